The van der Waals surface area contributed by atoms with Crippen LogP contribution in [0.4, 0.5) is 0 Å². The Morgan fingerprint density at radius 3 is 2.14 bits per heavy atom. The summed E-state index contributed by atoms with van der Waals surface area (Å²) in [5, 5.41) is 4.52. The van der Waals surface area contributed by atoms with Gasteiger partial charge in [0.05, 0.1) is 18.1 Å². The molecule has 0 aliphatic carbocycles. The van der Waals surface area contributed by atoms with Crippen LogP contribution < -0.4 is 0 Å². The van der Waals surface area contributed by atoms with Crippen LogP contribution in [0.5, 0.6) is 0 Å². The molecule has 0 radical (unpaired) electrons. The van der Waals surface area contributed by atoms with Crippen molar-refractivity contribution >= 4 is 10.0 Å². The molecule has 1 aromatic carbocycles. The molecule has 0 N–H and O–H groups in total. The van der Waals surface area contributed by atoms with Crippen LogP contribution in [0, 0.1) is 13.8 Å². The van der Waals surface area contributed by atoms with Crippen molar-refractivity contribution in [2.24, 2.45) is 0 Å². The number of sulfonamides is 1. The Kier molecular flexibility index (Phi) is 7.42. The maximum absolute atomic E-state index is 13.0. The SMILES string of the molecule is CCN(CC)S(=O)(=O)c1c(C)nn(CN(C)Cc2ccc(C(C)C)cc2)c1C. The number of nitrogens with zero attached hydrogens (tertiary/aromatic N) is 4. The lowest BCUT2D eigenvalue weighted by Gasteiger charge is -2.20. The third kappa shape index (κ3) is 4.82. The van der Waals surface area contributed by atoms with Crippen molar-refractivity contribution < 1.29 is 8.42 Å². The van der Waals surface area contributed by atoms with Crippen LogP contribution in [0.3, 0.4) is 0 Å². The molecule has 6 nitrogen and oxygen atoms in total. The number of benzene rings is 1. The molecule has 0 saturated heterocycles. The molecule has 0 unspecified atom stereocenters. The fourth-order valence-corrected chi connectivity index (χ4v) is 5.31. The van der Waals surface area contributed by atoms with E-state index in [0.717, 1.165) is 6.54 Å². The van der Waals surface area contributed by atoms with E-state index in [4.69, 9.17) is 0 Å². The van der Waals surface area contributed by atoms with E-state index in [9.17, 15) is 8.42 Å². The van der Waals surface area contributed by atoms with Crippen LogP contribution >= 0.6 is 0 Å². The summed E-state index contributed by atoms with van der Waals surface area (Å²) in [7, 11) is -1.50. The van der Waals surface area contributed by atoms with Crippen LogP contribution in [0.25, 0.3) is 0 Å². The highest BCUT2D eigenvalue weighted by Crippen LogP contribution is 2.24. The van der Waals surface area contributed by atoms with Crippen molar-refractivity contribution in [3.63, 3.8) is 0 Å². The molecule has 0 atom stereocenters. The van der Waals surface area contributed by atoms with Gasteiger partial charge in [0.15, 0.2) is 0 Å². The summed E-state index contributed by atoms with van der Waals surface area (Å²) in [6.07, 6.45) is 0. The molecule has 0 fully saturated rings. The van der Waals surface area contributed by atoms with Crippen LogP contribution in [-0.2, 0) is 23.2 Å². The maximum atomic E-state index is 13.0. The lowest BCUT2D eigenvalue weighted by molar-refractivity contribution is 0.243. The second-order valence-corrected chi connectivity index (χ2v) is 9.52. The van der Waals surface area contributed by atoms with Gasteiger partial charge in [0.25, 0.3) is 0 Å². The first-order valence-electron chi connectivity index (χ1n) is 9.93. The van der Waals surface area contributed by atoms with Gasteiger partial charge >= 0.3 is 0 Å². The van der Waals surface area contributed by atoms with E-state index in [0.29, 0.717) is 42.0 Å². The first-order valence-corrected chi connectivity index (χ1v) is 11.4. The summed E-state index contributed by atoms with van der Waals surface area (Å²) >= 11 is 0. The highest BCUT2D eigenvalue weighted by Gasteiger charge is 2.29. The van der Waals surface area contributed by atoms with Crippen molar-refractivity contribution in [2.45, 2.75) is 65.6 Å². The predicted octanol–water partition coefficient (Wildman–Crippen LogP) is 3.74. The van der Waals surface area contributed by atoms with Gasteiger partial charge in [-0.15, -0.1) is 0 Å². The van der Waals surface area contributed by atoms with E-state index in [1.54, 1.807) is 11.6 Å². The number of aryl methyl sites for hydroxylation is 1. The van der Waals surface area contributed by atoms with Crippen molar-refractivity contribution in [2.75, 3.05) is 20.1 Å². The van der Waals surface area contributed by atoms with E-state index in [2.05, 4.69) is 48.1 Å². The van der Waals surface area contributed by atoms with Crippen LogP contribution in [0.15, 0.2) is 29.2 Å². The van der Waals surface area contributed by atoms with E-state index in [1.807, 2.05) is 27.8 Å². The first kappa shape index (κ1) is 22.6. The predicted molar refractivity (Wildman–Crippen MR) is 114 cm³/mol. The lowest BCUT2D eigenvalue weighted by Crippen LogP contribution is -2.31. The molecule has 156 valence electrons. The summed E-state index contributed by atoms with van der Waals surface area (Å²) in [6, 6.07) is 8.66. The number of rotatable bonds is 9. The highest BCUT2D eigenvalue weighted by molar-refractivity contribution is 7.89. The normalized spacial score (nSPS) is 12.5. The smallest absolute Gasteiger partial charge is 0.246 e. The monoisotopic (exact) mass is 406 g/mol. The van der Waals surface area contributed by atoms with Crippen molar-refractivity contribution in [3.8, 4) is 0 Å². The Bertz CT molecular complexity index is 882. The van der Waals surface area contributed by atoms with E-state index in [-0.39, 0.29) is 0 Å². The number of hydrogen-bond donors (Lipinski definition) is 0. The Labute approximate surface area is 170 Å². The molecule has 7 heteroatoms. The van der Waals surface area contributed by atoms with Crippen LogP contribution in [0.1, 0.15) is 56.1 Å². The summed E-state index contributed by atoms with van der Waals surface area (Å²) in [5.74, 6) is 0.521. The maximum Gasteiger partial charge on any atom is 0.246 e. The minimum Gasteiger partial charge on any atom is -0.283 e. The summed E-state index contributed by atoms with van der Waals surface area (Å²) in [4.78, 5) is 2.48. The second-order valence-electron chi connectivity index (χ2n) is 7.64. The van der Waals surface area contributed by atoms with Crippen molar-refractivity contribution in [1.82, 2.24) is 19.0 Å². The fraction of sp³-hybridized carbons (Fsp3) is 0.571. The van der Waals surface area contributed by atoms with Gasteiger partial charge < -0.3 is 0 Å². The molecule has 1 heterocycles. The second kappa shape index (κ2) is 9.20. The topological polar surface area (TPSA) is 58.4 Å². The standard InChI is InChI=1S/C21H34N4O2S/c1-8-24(9-2)28(26,27)21-17(5)22-25(18(21)6)15-23(7)14-19-10-12-20(13-11-19)16(3)4/h10-13,16H,8-9,14-15H2,1-7H3. The summed E-state index contributed by atoms with van der Waals surface area (Å²) < 4.78 is 29.2. The quantitative estimate of drug-likeness (QED) is 0.636. The molecule has 0 spiro atoms. The zero-order chi connectivity index (χ0) is 21.1. The molecule has 0 bridgehead atoms. The molecule has 0 aliphatic rings. The highest BCUT2D eigenvalue weighted by atomic mass is 32.2. The molecule has 28 heavy (non-hydrogen) atoms. The van der Waals surface area contributed by atoms with E-state index in [1.165, 1.54) is 15.4 Å². The van der Waals surface area contributed by atoms with Crippen LogP contribution in [-0.4, -0.2) is 47.5 Å². The largest absolute Gasteiger partial charge is 0.283 e. The Hall–Kier alpha value is -1.70. The van der Waals surface area contributed by atoms with Gasteiger partial charge in [0, 0.05) is 19.6 Å². The van der Waals surface area contributed by atoms with Crippen LogP contribution in [0.2, 0.25) is 0 Å². The molecular weight excluding hydrogens is 372 g/mol. The van der Waals surface area contributed by atoms with Gasteiger partial charge in [-0.1, -0.05) is 52.0 Å². The van der Waals surface area contributed by atoms with E-state index < -0.39 is 10.0 Å². The average molecular weight is 407 g/mol. The van der Waals surface area contributed by atoms with Gasteiger partial charge in [0.1, 0.15) is 4.90 Å². The Morgan fingerprint density at radius 1 is 1.07 bits per heavy atom. The van der Waals surface area contributed by atoms with Gasteiger partial charge in [-0.3, -0.25) is 9.58 Å². The minimum atomic E-state index is -3.52. The number of hydrogen-bond acceptors (Lipinski definition) is 4. The minimum absolute atomic E-state index is 0.339. The zero-order valence-electron chi connectivity index (χ0n) is 18.2. The molecule has 0 aliphatic heterocycles. The fourth-order valence-electron chi connectivity index (χ4n) is 3.48. The molecule has 2 aromatic rings. The lowest BCUT2D eigenvalue weighted by atomic mass is 10.0. The molecule has 1 aromatic heterocycles. The third-order valence-electron chi connectivity index (χ3n) is 5.09. The summed E-state index contributed by atoms with van der Waals surface area (Å²) in [5.41, 5.74) is 3.80. The molecule has 2 rings (SSSR count). The number of aromatic nitrogens is 2. The zero-order valence-corrected chi connectivity index (χ0v) is 19.0. The third-order valence-corrected chi connectivity index (χ3v) is 7.40. The molecular formula is C21H34N4O2S. The van der Waals surface area contributed by atoms with Gasteiger partial charge in [-0.25, -0.2) is 8.42 Å². The Morgan fingerprint density at radius 2 is 1.64 bits per heavy atom. The molecule has 0 saturated carbocycles. The van der Waals surface area contributed by atoms with Gasteiger partial charge in [0.2, 0.25) is 10.0 Å². The first-order chi connectivity index (χ1) is 13.1. The van der Waals surface area contributed by atoms with Gasteiger partial charge in [-0.05, 0) is 37.9 Å². The van der Waals surface area contributed by atoms with Gasteiger partial charge in [-0.2, -0.15) is 9.40 Å². The van der Waals surface area contributed by atoms with Crippen molar-refractivity contribution in [1.29, 1.82) is 0 Å². The Balaban J connectivity index is 2.18. The summed E-state index contributed by atoms with van der Waals surface area (Å²) in [6.45, 7) is 13.9. The van der Waals surface area contributed by atoms with E-state index >= 15 is 0 Å². The average Bonchev–Trinajstić information content (AvgIpc) is 2.90. The van der Waals surface area contributed by atoms with Crippen molar-refractivity contribution in [3.05, 3.63) is 46.8 Å². The molecule has 0 amide bonds.